The van der Waals surface area contributed by atoms with Gasteiger partial charge in [-0.3, -0.25) is 19.0 Å². The molecule has 0 aliphatic carbocycles. The summed E-state index contributed by atoms with van der Waals surface area (Å²) >= 11 is 0. The highest BCUT2D eigenvalue weighted by Gasteiger charge is 2.18. The van der Waals surface area contributed by atoms with Gasteiger partial charge in [-0.1, -0.05) is 63.1 Å². The van der Waals surface area contributed by atoms with Gasteiger partial charge in [0.1, 0.15) is 0 Å². The Balaban J connectivity index is 3.81. The zero-order valence-corrected chi connectivity index (χ0v) is 14.7. The third-order valence-corrected chi connectivity index (χ3v) is 6.76. The second-order valence-electron chi connectivity index (χ2n) is 5.42. The zero-order valence-electron chi connectivity index (χ0n) is 11.4. The monoisotopic (exact) mass is 328 g/mol. The molecule has 0 aromatic heterocycles. The molecule has 18 heavy (non-hydrogen) atoms. The Labute approximate surface area is 125 Å². The van der Waals surface area contributed by atoms with Crippen molar-refractivity contribution in [2.24, 2.45) is 0 Å². The Bertz CT molecular complexity index is 267. The highest BCUT2D eigenvalue weighted by Crippen LogP contribution is 2.33. The van der Waals surface area contributed by atoms with E-state index in [9.17, 15) is 9.59 Å². The number of carbonyl (C=O) groups excluding carboxylic acids is 2. The highest BCUT2D eigenvalue weighted by molar-refractivity contribution is 8.77. The minimum Gasteiger partial charge on any atom is -0.283 e. The first-order chi connectivity index (χ1) is 8.01. The van der Waals surface area contributed by atoms with Crippen LogP contribution in [0.2, 0.25) is 0 Å². The molecule has 2 amide bonds. The molecule has 0 heterocycles. The maximum Gasteiger partial charge on any atom is 0.320 e. The molecule has 2 N–H and O–H groups in total. The van der Waals surface area contributed by atoms with Crippen molar-refractivity contribution in [2.75, 3.05) is 0 Å². The second-order valence-corrected chi connectivity index (χ2v) is 10.9. The van der Waals surface area contributed by atoms with Gasteiger partial charge in [-0.05, 0) is 0 Å². The van der Waals surface area contributed by atoms with Crippen molar-refractivity contribution in [3.05, 3.63) is 0 Å². The van der Waals surface area contributed by atoms with Crippen molar-refractivity contribution < 1.29 is 9.59 Å². The Hall–Kier alpha value is 0.340. The van der Waals surface area contributed by atoms with Crippen LogP contribution < -0.4 is 9.44 Å². The van der Waals surface area contributed by atoms with Gasteiger partial charge in [-0.15, -0.1) is 0 Å². The molecule has 4 nitrogen and oxygen atoms in total. The second kappa shape index (κ2) is 7.81. The Morgan fingerprint density at radius 3 is 1.22 bits per heavy atom. The van der Waals surface area contributed by atoms with Crippen molar-refractivity contribution in [2.45, 2.75) is 51.0 Å². The minimum atomic E-state index is -0.626. The van der Waals surface area contributed by atoms with E-state index in [0.717, 1.165) is 0 Å². The van der Waals surface area contributed by atoms with Gasteiger partial charge < -0.3 is 0 Å². The van der Waals surface area contributed by atoms with Gasteiger partial charge in [0.2, 0.25) is 0 Å². The lowest BCUT2D eigenvalue weighted by molar-refractivity contribution is -0.136. The summed E-state index contributed by atoms with van der Waals surface area (Å²) in [6.45, 7) is 12.2. The van der Waals surface area contributed by atoms with Crippen LogP contribution in [-0.4, -0.2) is 21.3 Å². The first-order valence-electron chi connectivity index (χ1n) is 5.31. The van der Waals surface area contributed by atoms with Gasteiger partial charge in [-0.2, -0.15) is 0 Å². The first-order valence-corrected chi connectivity index (χ1v) is 9.61. The molecule has 0 radical (unpaired) electrons. The number of carbonyl (C=O) groups is 2. The fourth-order valence-corrected chi connectivity index (χ4v) is 3.58. The Morgan fingerprint density at radius 2 is 1.00 bits per heavy atom. The van der Waals surface area contributed by atoms with Gasteiger partial charge in [0.15, 0.2) is 0 Å². The molecule has 0 atom stereocenters. The van der Waals surface area contributed by atoms with E-state index in [1.54, 1.807) is 0 Å². The standard InChI is InChI=1S/C10H20N2O2S4/c1-9(2,3)15-17-11-7(13)8(14)12-18-16-10(4,5)6/h1-6H3,(H,11,13)(H,12,14). The van der Waals surface area contributed by atoms with Crippen LogP contribution in [0, 0.1) is 0 Å². The largest absolute Gasteiger partial charge is 0.320 e. The fraction of sp³-hybridized carbons (Fsp3) is 0.800. The van der Waals surface area contributed by atoms with Crippen LogP contribution in [0.1, 0.15) is 41.5 Å². The lowest BCUT2D eigenvalue weighted by Gasteiger charge is -2.17. The number of hydrogen-bond acceptors (Lipinski definition) is 6. The average molecular weight is 329 g/mol. The summed E-state index contributed by atoms with van der Waals surface area (Å²) in [5, 5.41) is 0. The van der Waals surface area contributed by atoms with E-state index in [0.29, 0.717) is 0 Å². The number of nitrogens with one attached hydrogen (secondary N) is 2. The maximum absolute atomic E-state index is 11.4. The van der Waals surface area contributed by atoms with E-state index in [2.05, 4.69) is 9.44 Å². The normalized spacial score (nSPS) is 12.1. The minimum absolute atomic E-state index is 0.0330. The third kappa shape index (κ3) is 11.4. The highest BCUT2D eigenvalue weighted by atomic mass is 33.1. The van der Waals surface area contributed by atoms with Crippen LogP contribution in [0.3, 0.4) is 0 Å². The maximum atomic E-state index is 11.4. The molecule has 0 aromatic carbocycles. The Kier molecular flexibility index (Phi) is 7.96. The summed E-state index contributed by atoms with van der Waals surface area (Å²) in [7, 11) is 5.35. The van der Waals surface area contributed by atoms with Gasteiger partial charge in [0, 0.05) is 31.5 Å². The van der Waals surface area contributed by atoms with Crippen molar-refractivity contribution in [1.29, 1.82) is 0 Å². The van der Waals surface area contributed by atoms with E-state index >= 15 is 0 Å². The van der Waals surface area contributed by atoms with Crippen LogP contribution >= 0.6 is 43.5 Å². The summed E-state index contributed by atoms with van der Waals surface area (Å²) in [4.78, 5) is 22.8. The topological polar surface area (TPSA) is 58.2 Å². The number of hydrogen-bond donors (Lipinski definition) is 2. The van der Waals surface area contributed by atoms with Crippen molar-refractivity contribution in [3.63, 3.8) is 0 Å². The van der Waals surface area contributed by atoms with Crippen molar-refractivity contribution in [3.8, 4) is 0 Å². The summed E-state index contributed by atoms with van der Waals surface area (Å²) in [5.41, 5.74) is 0. The predicted octanol–water partition coefficient (Wildman–Crippen LogP) is 3.41. The summed E-state index contributed by atoms with van der Waals surface area (Å²) < 4.78 is 5.05. The number of amides is 2. The molecular weight excluding hydrogens is 308 g/mol. The quantitative estimate of drug-likeness (QED) is 0.468. The third-order valence-electron chi connectivity index (χ3n) is 1.06. The molecule has 8 heteroatoms. The first kappa shape index (κ1) is 18.3. The molecule has 106 valence electrons. The van der Waals surface area contributed by atoms with E-state index in [4.69, 9.17) is 0 Å². The van der Waals surface area contributed by atoms with Crippen LogP contribution in [-0.2, 0) is 9.59 Å². The zero-order chi connectivity index (χ0) is 14.4. The smallest absolute Gasteiger partial charge is 0.283 e. The van der Waals surface area contributed by atoms with Gasteiger partial charge in [0.25, 0.3) is 0 Å². The fourth-order valence-electron chi connectivity index (χ4n) is 0.460. The molecule has 0 saturated heterocycles. The van der Waals surface area contributed by atoms with Crippen molar-refractivity contribution in [1.82, 2.24) is 9.44 Å². The van der Waals surface area contributed by atoms with E-state index in [1.165, 1.54) is 43.5 Å². The molecule has 0 aliphatic heterocycles. The molecule has 0 aliphatic rings. The van der Waals surface area contributed by atoms with E-state index < -0.39 is 11.8 Å². The van der Waals surface area contributed by atoms with E-state index in [1.807, 2.05) is 41.5 Å². The van der Waals surface area contributed by atoms with Gasteiger partial charge >= 0.3 is 11.8 Å². The molecular formula is C10H20N2O2S4. The lowest BCUT2D eigenvalue weighted by Crippen LogP contribution is -2.33. The summed E-state index contributed by atoms with van der Waals surface area (Å²) in [6.07, 6.45) is 0. The summed E-state index contributed by atoms with van der Waals surface area (Å²) in [6, 6.07) is 0. The van der Waals surface area contributed by atoms with Crippen LogP contribution in [0.15, 0.2) is 0 Å². The van der Waals surface area contributed by atoms with Gasteiger partial charge in [0.05, 0.1) is 0 Å². The Morgan fingerprint density at radius 1 is 0.722 bits per heavy atom. The molecule has 0 bridgehead atoms. The average Bonchev–Trinajstić information content (AvgIpc) is 2.13. The number of rotatable bonds is 4. The molecule has 0 spiro atoms. The van der Waals surface area contributed by atoms with Gasteiger partial charge in [-0.25, -0.2) is 0 Å². The SMILES string of the molecule is CC(C)(C)SSNC(=O)C(=O)NSSC(C)(C)C. The summed E-state index contributed by atoms with van der Waals surface area (Å²) in [5.74, 6) is -1.25. The predicted molar refractivity (Wildman–Crippen MR) is 86.2 cm³/mol. The molecule has 0 unspecified atom stereocenters. The molecule has 0 aromatic rings. The van der Waals surface area contributed by atoms with E-state index in [-0.39, 0.29) is 9.49 Å². The molecule has 0 fully saturated rings. The van der Waals surface area contributed by atoms with Crippen LogP contribution in [0.4, 0.5) is 0 Å². The lowest BCUT2D eigenvalue weighted by atomic mass is 10.3. The van der Waals surface area contributed by atoms with Crippen LogP contribution in [0.25, 0.3) is 0 Å². The molecule has 0 saturated carbocycles. The van der Waals surface area contributed by atoms with Crippen molar-refractivity contribution >= 4 is 55.4 Å². The van der Waals surface area contributed by atoms with Crippen LogP contribution in [0.5, 0.6) is 0 Å². The molecule has 0 rings (SSSR count).